The minimum atomic E-state index is 0.0405. The maximum absolute atomic E-state index is 13.9. The fourth-order valence-corrected chi connectivity index (χ4v) is 9.08. The summed E-state index contributed by atoms with van der Waals surface area (Å²) in [6.45, 7) is 2.96. The zero-order valence-corrected chi connectivity index (χ0v) is 22.4. The lowest BCUT2D eigenvalue weighted by Gasteiger charge is -2.49. The molecule has 190 valence electrons. The molecule has 0 N–H and O–H groups in total. The molecule has 5 nitrogen and oxygen atoms in total. The van der Waals surface area contributed by atoms with Crippen LogP contribution in [-0.4, -0.2) is 23.8 Å². The topological polar surface area (TPSA) is 53.4 Å². The number of methoxy groups -OCH3 is 2. The zero-order chi connectivity index (χ0) is 25.3. The minimum absolute atomic E-state index is 0.0405. The third kappa shape index (κ3) is 3.41. The Morgan fingerprint density at radius 2 is 1.86 bits per heavy atom. The summed E-state index contributed by atoms with van der Waals surface area (Å²) in [5, 5.41) is 0.875. The first-order chi connectivity index (χ1) is 18.0. The standard InChI is InChI=1S/C31H32N2O3S/c1-31-13-12-23-22-11-9-21(36-3)14-19(22)6-10-24(23)25(31)15-26-28(31)27-29(37-26)32-17-33(30(27)34)16-18-4-7-20(35-2)8-5-18/h4-5,7-9,11,14,17,23-25H,6,10,12-13,15-16H2,1-3H3/t23-,24+,25-,31-/m1/s1. The van der Waals surface area contributed by atoms with Crippen LogP contribution in [0.4, 0.5) is 0 Å². The summed E-state index contributed by atoms with van der Waals surface area (Å²) >= 11 is 1.76. The van der Waals surface area contributed by atoms with E-state index in [-0.39, 0.29) is 11.0 Å². The van der Waals surface area contributed by atoms with Gasteiger partial charge in [0.05, 0.1) is 32.5 Å². The molecular formula is C31H32N2O3S. The molecule has 0 spiro atoms. The van der Waals surface area contributed by atoms with Crippen molar-refractivity contribution >= 4 is 21.6 Å². The van der Waals surface area contributed by atoms with Gasteiger partial charge in [-0.3, -0.25) is 9.36 Å². The summed E-state index contributed by atoms with van der Waals surface area (Å²) < 4.78 is 12.6. The van der Waals surface area contributed by atoms with Crippen molar-refractivity contribution in [2.75, 3.05) is 14.2 Å². The predicted octanol–water partition coefficient (Wildman–Crippen LogP) is 6.09. The van der Waals surface area contributed by atoms with Crippen molar-refractivity contribution in [1.82, 2.24) is 9.55 Å². The molecule has 0 bridgehead atoms. The molecule has 1 fully saturated rings. The third-order valence-electron chi connectivity index (χ3n) is 9.56. The lowest BCUT2D eigenvalue weighted by molar-refractivity contribution is 0.106. The predicted molar refractivity (Wildman–Crippen MR) is 147 cm³/mol. The van der Waals surface area contributed by atoms with Gasteiger partial charge in [0.25, 0.3) is 5.56 Å². The van der Waals surface area contributed by atoms with E-state index < -0.39 is 0 Å². The number of rotatable bonds is 4. The normalized spacial score (nSPS) is 25.8. The Kier molecular flexibility index (Phi) is 5.26. The maximum Gasteiger partial charge on any atom is 0.262 e. The first kappa shape index (κ1) is 23.0. The van der Waals surface area contributed by atoms with Crippen LogP contribution in [0.2, 0.25) is 0 Å². The lowest BCUT2D eigenvalue weighted by atomic mass is 9.55. The monoisotopic (exact) mass is 512 g/mol. The van der Waals surface area contributed by atoms with Crippen molar-refractivity contribution in [2.45, 2.75) is 56.9 Å². The van der Waals surface area contributed by atoms with Gasteiger partial charge in [0.15, 0.2) is 0 Å². The minimum Gasteiger partial charge on any atom is -0.497 e. The molecule has 3 aliphatic rings. The van der Waals surface area contributed by atoms with Crippen LogP contribution in [0, 0.1) is 11.8 Å². The highest BCUT2D eigenvalue weighted by atomic mass is 32.1. The molecule has 37 heavy (non-hydrogen) atoms. The summed E-state index contributed by atoms with van der Waals surface area (Å²) in [4.78, 5) is 21.0. The summed E-state index contributed by atoms with van der Waals surface area (Å²) in [7, 11) is 3.42. The number of fused-ring (bicyclic) bond motifs is 9. The summed E-state index contributed by atoms with van der Waals surface area (Å²) in [5.41, 5.74) is 5.52. The molecule has 0 amide bonds. The largest absolute Gasteiger partial charge is 0.497 e. The van der Waals surface area contributed by atoms with Gasteiger partial charge in [-0.25, -0.2) is 4.98 Å². The number of hydrogen-bond donors (Lipinski definition) is 0. The Hall–Kier alpha value is -3.12. The molecule has 0 saturated heterocycles. The highest BCUT2D eigenvalue weighted by molar-refractivity contribution is 7.18. The van der Waals surface area contributed by atoms with Gasteiger partial charge in [-0.2, -0.15) is 0 Å². The Labute approximate surface area is 221 Å². The zero-order valence-electron chi connectivity index (χ0n) is 21.6. The van der Waals surface area contributed by atoms with E-state index in [1.807, 2.05) is 24.3 Å². The number of benzene rings is 2. The van der Waals surface area contributed by atoms with Crippen molar-refractivity contribution in [3.8, 4) is 11.5 Å². The number of ether oxygens (including phenoxy) is 2. The average Bonchev–Trinajstić information content (AvgIpc) is 3.44. The number of aryl methyl sites for hydroxylation is 1. The SMILES string of the molecule is COc1ccc(Cn2cnc3sc4c(c3c2=O)[C@]2(C)CC[C@@H]3c5ccc(OC)cc5CC[C@@H]3[C@H]2C4)cc1. The number of thiophene rings is 1. The van der Waals surface area contributed by atoms with Crippen molar-refractivity contribution in [1.29, 1.82) is 0 Å². The Morgan fingerprint density at radius 1 is 1.08 bits per heavy atom. The summed E-state index contributed by atoms with van der Waals surface area (Å²) in [5.74, 6) is 3.64. The fraction of sp³-hybridized carbons (Fsp3) is 0.419. The smallest absolute Gasteiger partial charge is 0.262 e. The highest BCUT2D eigenvalue weighted by Gasteiger charge is 2.54. The van der Waals surface area contributed by atoms with Gasteiger partial charge < -0.3 is 9.47 Å². The molecule has 4 atom stereocenters. The van der Waals surface area contributed by atoms with E-state index in [9.17, 15) is 4.79 Å². The van der Waals surface area contributed by atoms with Crippen LogP contribution in [0.1, 0.15) is 59.2 Å². The second-order valence-electron chi connectivity index (χ2n) is 11.2. The molecule has 4 aromatic rings. The van der Waals surface area contributed by atoms with E-state index in [2.05, 4.69) is 25.1 Å². The molecule has 2 aromatic carbocycles. The van der Waals surface area contributed by atoms with Crippen molar-refractivity contribution < 1.29 is 9.47 Å². The maximum atomic E-state index is 13.9. The Morgan fingerprint density at radius 3 is 2.65 bits per heavy atom. The number of hydrogen-bond acceptors (Lipinski definition) is 5. The Bertz CT molecular complexity index is 1570. The fourth-order valence-electron chi connectivity index (χ4n) is 7.75. The first-order valence-corrected chi connectivity index (χ1v) is 14.1. The molecule has 7 rings (SSSR count). The van der Waals surface area contributed by atoms with Crippen LogP contribution in [-0.2, 0) is 24.8 Å². The van der Waals surface area contributed by atoms with E-state index in [0.717, 1.165) is 46.5 Å². The van der Waals surface area contributed by atoms with Crippen LogP contribution in [0.15, 0.2) is 53.6 Å². The van der Waals surface area contributed by atoms with E-state index in [1.165, 1.54) is 34.4 Å². The van der Waals surface area contributed by atoms with Gasteiger partial charge >= 0.3 is 0 Å². The van der Waals surface area contributed by atoms with Gasteiger partial charge in [-0.1, -0.05) is 25.1 Å². The highest BCUT2D eigenvalue weighted by Crippen LogP contribution is 2.62. The van der Waals surface area contributed by atoms with Gasteiger partial charge in [0.2, 0.25) is 0 Å². The molecule has 6 heteroatoms. The van der Waals surface area contributed by atoms with Gasteiger partial charge in [-0.05, 0) is 102 Å². The molecular weight excluding hydrogens is 480 g/mol. The molecule has 0 radical (unpaired) electrons. The molecule has 1 saturated carbocycles. The molecule has 0 aliphatic heterocycles. The van der Waals surface area contributed by atoms with Crippen LogP contribution < -0.4 is 15.0 Å². The molecule has 3 aliphatic carbocycles. The Balaban J connectivity index is 1.25. The summed E-state index contributed by atoms with van der Waals surface area (Å²) in [6, 6.07) is 14.6. The van der Waals surface area contributed by atoms with Crippen molar-refractivity contribution in [3.63, 3.8) is 0 Å². The second kappa shape index (κ2) is 8.45. The van der Waals surface area contributed by atoms with Gasteiger partial charge in [0, 0.05) is 4.88 Å². The van der Waals surface area contributed by atoms with E-state index in [0.29, 0.717) is 24.3 Å². The van der Waals surface area contributed by atoms with E-state index in [4.69, 9.17) is 14.5 Å². The lowest BCUT2D eigenvalue weighted by Crippen LogP contribution is -2.43. The number of nitrogens with zero attached hydrogens (tertiary/aromatic N) is 2. The van der Waals surface area contributed by atoms with Crippen LogP contribution in [0.5, 0.6) is 11.5 Å². The second-order valence-corrected chi connectivity index (χ2v) is 12.3. The van der Waals surface area contributed by atoms with Crippen LogP contribution in [0.25, 0.3) is 10.2 Å². The van der Waals surface area contributed by atoms with E-state index in [1.54, 1.807) is 36.5 Å². The van der Waals surface area contributed by atoms with Crippen LogP contribution in [0.3, 0.4) is 0 Å². The van der Waals surface area contributed by atoms with Gasteiger partial charge in [0.1, 0.15) is 16.3 Å². The molecule has 2 aromatic heterocycles. The first-order valence-electron chi connectivity index (χ1n) is 13.3. The van der Waals surface area contributed by atoms with Crippen molar-refractivity contribution in [2.24, 2.45) is 11.8 Å². The van der Waals surface area contributed by atoms with Crippen molar-refractivity contribution in [3.05, 3.63) is 86.3 Å². The summed E-state index contributed by atoms with van der Waals surface area (Å²) in [6.07, 6.45) is 7.44. The van der Waals surface area contributed by atoms with Crippen LogP contribution >= 0.6 is 11.3 Å². The quantitative estimate of drug-likeness (QED) is 0.332. The average molecular weight is 513 g/mol. The molecule has 2 heterocycles. The number of aromatic nitrogens is 2. The third-order valence-corrected chi connectivity index (χ3v) is 10.7. The van der Waals surface area contributed by atoms with Gasteiger partial charge in [-0.15, -0.1) is 11.3 Å². The molecule has 0 unspecified atom stereocenters. The van der Waals surface area contributed by atoms with E-state index >= 15 is 0 Å².